The standard InChI is InChI=1S/C10H10BrFOS/c1-14-6-5-9(13)7-3-2-4-8(12)10(7)11/h2-4H,5-6H2,1H3. The predicted molar refractivity (Wildman–Crippen MR) is 61.4 cm³/mol. The summed E-state index contributed by atoms with van der Waals surface area (Å²) < 4.78 is 13.3. The number of hydrogen-bond donors (Lipinski definition) is 0. The summed E-state index contributed by atoms with van der Waals surface area (Å²) in [5.41, 5.74) is 0.430. The van der Waals surface area contributed by atoms with Gasteiger partial charge in [0, 0.05) is 17.7 Å². The molecule has 0 heterocycles. The van der Waals surface area contributed by atoms with Crippen molar-refractivity contribution in [3.05, 3.63) is 34.1 Å². The summed E-state index contributed by atoms with van der Waals surface area (Å²) in [7, 11) is 0. The van der Waals surface area contributed by atoms with E-state index in [2.05, 4.69) is 15.9 Å². The summed E-state index contributed by atoms with van der Waals surface area (Å²) >= 11 is 4.67. The maximum absolute atomic E-state index is 13.1. The molecule has 0 saturated heterocycles. The Kier molecular flexibility index (Phi) is 4.62. The van der Waals surface area contributed by atoms with E-state index in [9.17, 15) is 9.18 Å². The third-order valence-electron chi connectivity index (χ3n) is 1.79. The van der Waals surface area contributed by atoms with Crippen molar-refractivity contribution in [1.29, 1.82) is 0 Å². The highest BCUT2D eigenvalue weighted by Gasteiger charge is 2.11. The molecule has 0 saturated carbocycles. The van der Waals surface area contributed by atoms with Gasteiger partial charge in [0.1, 0.15) is 5.82 Å². The van der Waals surface area contributed by atoms with Crippen molar-refractivity contribution in [1.82, 2.24) is 0 Å². The van der Waals surface area contributed by atoms with E-state index in [0.717, 1.165) is 5.75 Å². The number of thioether (sulfide) groups is 1. The number of hydrogen-bond acceptors (Lipinski definition) is 2. The average molecular weight is 277 g/mol. The lowest BCUT2D eigenvalue weighted by Gasteiger charge is -2.03. The Balaban J connectivity index is 2.84. The molecule has 1 rings (SSSR count). The monoisotopic (exact) mass is 276 g/mol. The second-order valence-electron chi connectivity index (χ2n) is 2.77. The van der Waals surface area contributed by atoms with Crippen molar-refractivity contribution in [2.24, 2.45) is 0 Å². The molecule has 0 fully saturated rings. The first kappa shape index (κ1) is 11.7. The highest BCUT2D eigenvalue weighted by Crippen LogP contribution is 2.21. The van der Waals surface area contributed by atoms with Crippen molar-refractivity contribution in [2.75, 3.05) is 12.0 Å². The van der Waals surface area contributed by atoms with Crippen LogP contribution in [0.3, 0.4) is 0 Å². The van der Waals surface area contributed by atoms with Crippen LogP contribution in [-0.4, -0.2) is 17.8 Å². The summed E-state index contributed by atoms with van der Waals surface area (Å²) in [6.45, 7) is 0. The Morgan fingerprint density at radius 2 is 2.29 bits per heavy atom. The van der Waals surface area contributed by atoms with Crippen LogP contribution in [0.25, 0.3) is 0 Å². The summed E-state index contributed by atoms with van der Waals surface area (Å²) in [4.78, 5) is 11.6. The van der Waals surface area contributed by atoms with Gasteiger partial charge in [-0.2, -0.15) is 11.8 Å². The first-order chi connectivity index (χ1) is 6.66. The molecule has 0 aliphatic carbocycles. The lowest BCUT2D eigenvalue weighted by Crippen LogP contribution is -2.02. The van der Waals surface area contributed by atoms with Crippen molar-refractivity contribution >= 4 is 33.5 Å². The van der Waals surface area contributed by atoms with Crippen molar-refractivity contribution in [3.8, 4) is 0 Å². The van der Waals surface area contributed by atoms with E-state index in [1.54, 1.807) is 23.9 Å². The van der Waals surface area contributed by atoms with Crippen LogP contribution in [0.1, 0.15) is 16.8 Å². The lowest BCUT2D eigenvalue weighted by atomic mass is 10.1. The molecule has 1 aromatic carbocycles. The van der Waals surface area contributed by atoms with Crippen molar-refractivity contribution < 1.29 is 9.18 Å². The van der Waals surface area contributed by atoms with Crippen molar-refractivity contribution in [2.45, 2.75) is 6.42 Å². The summed E-state index contributed by atoms with van der Waals surface area (Å²) in [5.74, 6) is 0.354. The number of ketones is 1. The largest absolute Gasteiger partial charge is 0.294 e. The molecule has 4 heteroatoms. The third kappa shape index (κ3) is 2.82. The van der Waals surface area contributed by atoms with Gasteiger partial charge in [-0.25, -0.2) is 4.39 Å². The van der Waals surface area contributed by atoms with Gasteiger partial charge >= 0.3 is 0 Å². The zero-order valence-corrected chi connectivity index (χ0v) is 10.1. The Bertz CT molecular complexity index is 341. The fraction of sp³-hybridized carbons (Fsp3) is 0.300. The van der Waals surface area contributed by atoms with Crippen LogP contribution in [0.15, 0.2) is 22.7 Å². The van der Waals surface area contributed by atoms with E-state index in [1.165, 1.54) is 6.07 Å². The maximum Gasteiger partial charge on any atom is 0.164 e. The number of benzene rings is 1. The number of Topliss-reactive ketones (excluding diaryl/α,β-unsaturated/α-hetero) is 1. The van der Waals surface area contributed by atoms with E-state index in [1.807, 2.05) is 6.26 Å². The van der Waals surface area contributed by atoms with Crippen LogP contribution in [-0.2, 0) is 0 Å². The van der Waals surface area contributed by atoms with Gasteiger partial charge in [-0.15, -0.1) is 0 Å². The van der Waals surface area contributed by atoms with Crippen LogP contribution in [0.4, 0.5) is 4.39 Å². The topological polar surface area (TPSA) is 17.1 Å². The summed E-state index contributed by atoms with van der Waals surface area (Å²) in [5, 5.41) is 0. The maximum atomic E-state index is 13.1. The van der Waals surface area contributed by atoms with Gasteiger partial charge in [-0.05, 0) is 28.3 Å². The van der Waals surface area contributed by atoms with Crippen LogP contribution in [0.2, 0.25) is 0 Å². The molecule has 0 amide bonds. The van der Waals surface area contributed by atoms with Crippen molar-refractivity contribution in [3.63, 3.8) is 0 Å². The van der Waals surface area contributed by atoms with Gasteiger partial charge < -0.3 is 0 Å². The summed E-state index contributed by atoms with van der Waals surface area (Å²) in [6.07, 6.45) is 2.39. The zero-order chi connectivity index (χ0) is 10.6. The van der Waals surface area contributed by atoms with E-state index >= 15 is 0 Å². The minimum absolute atomic E-state index is 0.0225. The Morgan fingerprint density at radius 3 is 2.93 bits per heavy atom. The average Bonchev–Trinajstić information content (AvgIpc) is 2.18. The smallest absolute Gasteiger partial charge is 0.164 e. The van der Waals surface area contributed by atoms with Crippen LogP contribution < -0.4 is 0 Å². The minimum Gasteiger partial charge on any atom is -0.294 e. The number of carbonyl (C=O) groups is 1. The highest BCUT2D eigenvalue weighted by atomic mass is 79.9. The molecule has 0 aromatic heterocycles. The minimum atomic E-state index is -0.389. The zero-order valence-electron chi connectivity index (χ0n) is 7.72. The molecular formula is C10H10BrFOS. The molecule has 0 bridgehead atoms. The molecule has 76 valence electrons. The molecule has 0 spiro atoms. The van der Waals surface area contributed by atoms with Gasteiger partial charge in [-0.3, -0.25) is 4.79 Å². The molecule has 0 aliphatic rings. The number of rotatable bonds is 4. The first-order valence-electron chi connectivity index (χ1n) is 4.13. The fourth-order valence-electron chi connectivity index (χ4n) is 1.05. The van der Waals surface area contributed by atoms with Gasteiger partial charge in [0.25, 0.3) is 0 Å². The SMILES string of the molecule is CSCCC(=O)c1cccc(F)c1Br. The highest BCUT2D eigenvalue weighted by molar-refractivity contribution is 9.10. The Hall–Kier alpha value is -0.350. The Labute approximate surface area is 95.2 Å². The molecule has 0 N–H and O–H groups in total. The fourth-order valence-corrected chi connectivity index (χ4v) is 1.92. The third-order valence-corrected chi connectivity index (χ3v) is 3.20. The first-order valence-corrected chi connectivity index (χ1v) is 6.31. The second-order valence-corrected chi connectivity index (χ2v) is 4.55. The molecule has 0 aliphatic heterocycles. The molecule has 14 heavy (non-hydrogen) atoms. The number of halogens is 2. The normalized spacial score (nSPS) is 10.2. The molecule has 1 nitrogen and oxygen atoms in total. The van der Waals surface area contributed by atoms with E-state index in [4.69, 9.17) is 0 Å². The predicted octanol–water partition coefficient (Wildman–Crippen LogP) is 3.52. The Morgan fingerprint density at radius 1 is 1.57 bits per heavy atom. The van der Waals surface area contributed by atoms with Gasteiger partial charge in [-0.1, -0.05) is 12.1 Å². The van der Waals surface area contributed by atoms with Gasteiger partial charge in [0.2, 0.25) is 0 Å². The van der Waals surface area contributed by atoms with Gasteiger partial charge in [0.05, 0.1) is 4.47 Å². The molecule has 0 atom stereocenters. The molecule has 1 aromatic rings. The quantitative estimate of drug-likeness (QED) is 0.783. The molecule has 0 radical (unpaired) electrons. The van der Waals surface area contributed by atoms with Crippen LogP contribution in [0, 0.1) is 5.82 Å². The molecular weight excluding hydrogens is 267 g/mol. The van der Waals surface area contributed by atoms with Crippen LogP contribution >= 0.6 is 27.7 Å². The van der Waals surface area contributed by atoms with E-state index in [-0.39, 0.29) is 16.1 Å². The molecule has 0 unspecified atom stereocenters. The lowest BCUT2D eigenvalue weighted by molar-refractivity contribution is 0.0988. The van der Waals surface area contributed by atoms with E-state index in [0.29, 0.717) is 12.0 Å². The van der Waals surface area contributed by atoms with Gasteiger partial charge in [0.15, 0.2) is 5.78 Å². The van der Waals surface area contributed by atoms with E-state index < -0.39 is 0 Å². The second kappa shape index (κ2) is 5.51. The number of carbonyl (C=O) groups excluding carboxylic acids is 1. The summed E-state index contributed by atoms with van der Waals surface area (Å²) in [6, 6.07) is 4.51. The van der Waals surface area contributed by atoms with Crippen LogP contribution in [0.5, 0.6) is 0 Å².